The first-order valence-corrected chi connectivity index (χ1v) is 12.4. The van der Waals surface area contributed by atoms with E-state index < -0.39 is 15.6 Å². The van der Waals surface area contributed by atoms with Gasteiger partial charge >= 0.3 is 0 Å². The minimum absolute atomic E-state index is 0.521. The fourth-order valence-electron chi connectivity index (χ4n) is 3.87. The minimum Gasteiger partial charge on any atom is -0.339 e. The van der Waals surface area contributed by atoms with Crippen molar-refractivity contribution in [2.45, 2.75) is 24.8 Å². The van der Waals surface area contributed by atoms with E-state index in [-0.39, 0.29) is 0 Å². The highest BCUT2D eigenvalue weighted by Gasteiger charge is 2.43. The van der Waals surface area contributed by atoms with E-state index in [2.05, 4.69) is 24.8 Å². The molecule has 0 aliphatic heterocycles. The molecule has 1 fully saturated rings. The van der Waals surface area contributed by atoms with E-state index >= 15 is 0 Å². The number of nitrogens with zero attached hydrogens (tertiary/aromatic N) is 4. The Kier molecular flexibility index (Phi) is 4.51. The molecule has 4 aromatic rings. The maximum atomic E-state index is 11.9. The number of rotatable bonds is 5. The van der Waals surface area contributed by atoms with Crippen LogP contribution in [0.4, 0.5) is 0 Å². The lowest BCUT2D eigenvalue weighted by molar-refractivity contribution is 0.224. The number of aromatic nitrogens is 5. The van der Waals surface area contributed by atoms with Crippen LogP contribution in [0, 0.1) is 0 Å². The molecule has 0 saturated heterocycles. The van der Waals surface area contributed by atoms with Crippen molar-refractivity contribution in [1.82, 2.24) is 29.5 Å². The van der Waals surface area contributed by atoms with Crippen LogP contribution in [-0.2, 0) is 22.6 Å². The van der Waals surface area contributed by atoms with Gasteiger partial charge in [-0.15, -0.1) is 11.3 Å². The Morgan fingerprint density at radius 2 is 2.07 bits per heavy atom. The first-order valence-electron chi connectivity index (χ1n) is 9.36. The van der Waals surface area contributed by atoms with Gasteiger partial charge in [-0.05, 0) is 25.3 Å². The fourth-order valence-corrected chi connectivity index (χ4v) is 6.45. The van der Waals surface area contributed by atoms with Crippen molar-refractivity contribution in [2.24, 2.45) is 7.05 Å². The molecule has 0 radical (unpaired) electrons. The van der Waals surface area contributed by atoms with Crippen LogP contribution in [0.3, 0.4) is 0 Å². The maximum absolute atomic E-state index is 11.9. The molecule has 1 saturated carbocycles. The Labute approximate surface area is 182 Å². The van der Waals surface area contributed by atoms with E-state index in [1.54, 1.807) is 23.3 Å². The third kappa shape index (κ3) is 3.33. The molecular formula is C19H19ClN6O2S2. The molecule has 0 spiro atoms. The Morgan fingerprint density at radius 3 is 2.70 bits per heavy atom. The van der Waals surface area contributed by atoms with Crippen molar-refractivity contribution in [3.8, 4) is 21.7 Å². The van der Waals surface area contributed by atoms with Crippen molar-refractivity contribution < 1.29 is 8.42 Å². The van der Waals surface area contributed by atoms with Gasteiger partial charge in [0.05, 0.1) is 33.6 Å². The molecule has 0 aromatic carbocycles. The molecule has 8 nitrogen and oxygen atoms in total. The second kappa shape index (κ2) is 6.88. The van der Waals surface area contributed by atoms with Gasteiger partial charge in [-0.2, -0.15) is 5.10 Å². The summed E-state index contributed by atoms with van der Waals surface area (Å²) in [4.78, 5) is 13.2. The molecular weight excluding hydrogens is 444 g/mol. The number of aromatic amines is 1. The topological polar surface area (TPSA) is 106 Å². The van der Waals surface area contributed by atoms with Crippen molar-refractivity contribution in [3.05, 3.63) is 40.9 Å². The zero-order chi connectivity index (χ0) is 21.1. The summed E-state index contributed by atoms with van der Waals surface area (Å²) in [5, 5.41) is 6.39. The third-order valence-electron chi connectivity index (χ3n) is 5.38. The number of aryl methyl sites for hydroxylation is 1. The smallest absolute Gasteiger partial charge is 0.209 e. The minimum atomic E-state index is -3.35. The average molecular weight is 463 g/mol. The quantitative estimate of drug-likeness (QED) is 0.470. The van der Waals surface area contributed by atoms with Crippen LogP contribution in [0.1, 0.15) is 24.3 Å². The number of H-pyrrole nitrogens is 1. The van der Waals surface area contributed by atoms with Crippen LogP contribution >= 0.6 is 22.9 Å². The van der Waals surface area contributed by atoms with Gasteiger partial charge < -0.3 is 4.98 Å². The maximum Gasteiger partial charge on any atom is 0.209 e. The lowest BCUT2D eigenvalue weighted by Gasteiger charge is -2.39. The van der Waals surface area contributed by atoms with Crippen LogP contribution in [0.15, 0.2) is 30.9 Å². The second-order valence-electron chi connectivity index (χ2n) is 7.67. The predicted molar refractivity (Wildman–Crippen MR) is 118 cm³/mol. The van der Waals surface area contributed by atoms with Gasteiger partial charge in [0.2, 0.25) is 10.0 Å². The van der Waals surface area contributed by atoms with Crippen molar-refractivity contribution in [1.29, 1.82) is 0 Å². The van der Waals surface area contributed by atoms with Gasteiger partial charge in [0.25, 0.3) is 0 Å². The molecule has 11 heteroatoms. The summed E-state index contributed by atoms with van der Waals surface area (Å²) in [5.74, 6) is 0. The number of halogens is 1. The Morgan fingerprint density at radius 1 is 1.27 bits per heavy atom. The van der Waals surface area contributed by atoms with Crippen molar-refractivity contribution >= 4 is 44.0 Å². The summed E-state index contributed by atoms with van der Waals surface area (Å²) in [7, 11) is -1.48. The molecule has 2 N–H and O–H groups in total. The second-order valence-corrected chi connectivity index (χ2v) is 10.9. The molecule has 5 rings (SSSR count). The highest BCUT2D eigenvalue weighted by atomic mass is 35.5. The number of hydrogen-bond acceptors (Lipinski definition) is 6. The van der Waals surface area contributed by atoms with Gasteiger partial charge in [-0.3, -0.25) is 4.68 Å². The van der Waals surface area contributed by atoms with Gasteiger partial charge in [-0.1, -0.05) is 11.6 Å². The molecule has 1 aliphatic carbocycles. The molecule has 156 valence electrons. The lowest BCUT2D eigenvalue weighted by atomic mass is 9.78. The van der Waals surface area contributed by atoms with E-state index in [0.717, 1.165) is 57.0 Å². The monoisotopic (exact) mass is 462 g/mol. The van der Waals surface area contributed by atoms with Crippen LogP contribution < -0.4 is 4.72 Å². The number of sulfonamides is 1. The SMILES string of the molecule is Cn1cc(-c2cc3c(-c4cnc(C5(NS(C)(=O)=O)CCC5)s4)c(Cl)cnc3[nH]2)cn1. The Bertz CT molecular complexity index is 1370. The number of thiazole rings is 1. The molecule has 4 heterocycles. The standard InChI is InChI=1S/C19H19ClN6O2S2/c1-26-10-11(7-23-26)14-6-12-16(13(20)8-21-17(12)24-14)15-9-22-18(29-15)19(4-3-5-19)25-30(2,27)28/h6-10,25H,3-5H2,1-2H3,(H,21,24). The number of pyridine rings is 1. The summed E-state index contributed by atoms with van der Waals surface area (Å²) in [6.45, 7) is 0. The number of nitrogens with one attached hydrogen (secondary N) is 2. The molecule has 0 atom stereocenters. The molecule has 0 unspecified atom stereocenters. The molecule has 4 aromatic heterocycles. The van der Waals surface area contributed by atoms with E-state index in [1.807, 2.05) is 19.3 Å². The zero-order valence-corrected chi connectivity index (χ0v) is 18.7. The number of fused-ring (bicyclic) bond motifs is 1. The zero-order valence-electron chi connectivity index (χ0n) is 16.3. The first-order chi connectivity index (χ1) is 14.2. The summed E-state index contributed by atoms with van der Waals surface area (Å²) in [5.41, 5.74) is 2.79. The first kappa shape index (κ1) is 19.7. The van der Waals surface area contributed by atoms with Crippen molar-refractivity contribution in [2.75, 3.05) is 6.26 Å². The van der Waals surface area contributed by atoms with E-state index in [1.165, 1.54) is 17.6 Å². The van der Waals surface area contributed by atoms with Crippen molar-refractivity contribution in [3.63, 3.8) is 0 Å². The highest BCUT2D eigenvalue weighted by Crippen LogP contribution is 2.46. The van der Waals surface area contributed by atoms with Gasteiger partial charge in [-0.25, -0.2) is 23.1 Å². The summed E-state index contributed by atoms with van der Waals surface area (Å²) in [6.07, 6.45) is 10.7. The summed E-state index contributed by atoms with van der Waals surface area (Å²) in [6, 6.07) is 2.01. The lowest BCUT2D eigenvalue weighted by Crippen LogP contribution is -2.50. The number of hydrogen-bond donors (Lipinski definition) is 2. The van der Waals surface area contributed by atoms with E-state index in [4.69, 9.17) is 11.6 Å². The fraction of sp³-hybridized carbons (Fsp3) is 0.316. The van der Waals surface area contributed by atoms with Crippen LogP contribution in [0.25, 0.3) is 32.7 Å². The summed E-state index contributed by atoms with van der Waals surface area (Å²) >= 11 is 8.02. The molecule has 0 amide bonds. The summed E-state index contributed by atoms with van der Waals surface area (Å²) < 4.78 is 28.3. The molecule has 0 bridgehead atoms. The third-order valence-corrected chi connectivity index (χ3v) is 7.64. The average Bonchev–Trinajstić information content (AvgIpc) is 3.36. The van der Waals surface area contributed by atoms with E-state index in [9.17, 15) is 8.42 Å². The normalized spacial score (nSPS) is 16.1. The van der Waals surface area contributed by atoms with Crippen LogP contribution in [0.5, 0.6) is 0 Å². The molecule has 30 heavy (non-hydrogen) atoms. The van der Waals surface area contributed by atoms with Gasteiger partial charge in [0, 0.05) is 42.2 Å². The Hall–Kier alpha value is -2.27. The predicted octanol–water partition coefficient (Wildman–Crippen LogP) is 3.67. The van der Waals surface area contributed by atoms with Crippen LogP contribution in [0.2, 0.25) is 5.02 Å². The largest absolute Gasteiger partial charge is 0.339 e. The van der Waals surface area contributed by atoms with E-state index in [0.29, 0.717) is 5.02 Å². The van der Waals surface area contributed by atoms with Gasteiger partial charge in [0.1, 0.15) is 10.7 Å². The Balaban J connectivity index is 1.60. The van der Waals surface area contributed by atoms with Crippen LogP contribution in [-0.4, -0.2) is 39.4 Å². The molecule has 1 aliphatic rings. The van der Waals surface area contributed by atoms with Gasteiger partial charge in [0.15, 0.2) is 0 Å². The highest BCUT2D eigenvalue weighted by molar-refractivity contribution is 7.88.